The van der Waals surface area contributed by atoms with Crippen molar-refractivity contribution in [2.24, 2.45) is 0 Å². The van der Waals surface area contributed by atoms with Gasteiger partial charge in [-0.15, -0.1) is 0 Å². The van der Waals surface area contributed by atoms with E-state index in [2.05, 4.69) is 10.3 Å². The molecule has 0 fully saturated rings. The lowest BCUT2D eigenvalue weighted by Crippen LogP contribution is -2.26. The molecule has 0 unspecified atom stereocenters. The molecule has 3 aromatic rings. The molecule has 0 spiro atoms. The maximum Gasteiger partial charge on any atom is 0.255 e. The first-order valence-electron chi connectivity index (χ1n) is 7.72. The van der Waals surface area contributed by atoms with E-state index in [1.165, 1.54) is 0 Å². The fourth-order valence-electron chi connectivity index (χ4n) is 2.42. The Balaban J connectivity index is 1.74. The first-order valence-corrected chi connectivity index (χ1v) is 7.72. The van der Waals surface area contributed by atoms with Crippen LogP contribution in [0.15, 0.2) is 48.8 Å². The van der Waals surface area contributed by atoms with E-state index in [1.54, 1.807) is 18.2 Å². The highest BCUT2D eigenvalue weighted by Crippen LogP contribution is 2.19. The highest BCUT2D eigenvalue weighted by molar-refractivity contribution is 5.96. The third kappa shape index (κ3) is 3.55. The number of carbonyl (C=O) groups is 1. The van der Waals surface area contributed by atoms with E-state index in [0.29, 0.717) is 11.3 Å². The second-order valence-corrected chi connectivity index (χ2v) is 5.47. The molecule has 0 aliphatic carbocycles. The average molecular weight is 325 g/mol. The van der Waals surface area contributed by atoms with Crippen LogP contribution in [-0.4, -0.2) is 33.6 Å². The Morgan fingerprint density at radius 1 is 1.25 bits per heavy atom. The third-order valence-electron chi connectivity index (χ3n) is 3.55. The Labute approximate surface area is 139 Å². The molecule has 0 saturated carbocycles. The van der Waals surface area contributed by atoms with Crippen LogP contribution >= 0.6 is 0 Å². The third-order valence-corrected chi connectivity index (χ3v) is 3.55. The Kier molecular flexibility index (Phi) is 4.77. The summed E-state index contributed by atoms with van der Waals surface area (Å²) in [6.45, 7) is 2.40. The van der Waals surface area contributed by atoms with E-state index in [1.807, 2.05) is 41.9 Å². The molecule has 0 radical (unpaired) electrons. The number of aromatic nitrogens is 2. The number of rotatable bonds is 6. The zero-order valence-corrected chi connectivity index (χ0v) is 13.4. The molecule has 6 nitrogen and oxygen atoms in total. The van der Waals surface area contributed by atoms with Crippen LogP contribution in [0.1, 0.15) is 21.6 Å². The van der Waals surface area contributed by atoms with Gasteiger partial charge in [-0.2, -0.15) is 0 Å². The number of aliphatic hydroxyl groups excluding tert-OH is 1. The number of hydrogen-bond donors (Lipinski definition) is 2. The van der Waals surface area contributed by atoms with Crippen molar-refractivity contribution in [3.05, 3.63) is 65.6 Å². The topological polar surface area (TPSA) is 75.9 Å². The summed E-state index contributed by atoms with van der Waals surface area (Å²) in [7, 11) is 0. The predicted octanol–water partition coefficient (Wildman–Crippen LogP) is 1.94. The number of carbonyl (C=O) groups excluding carboxylic acids is 1. The van der Waals surface area contributed by atoms with Gasteiger partial charge >= 0.3 is 0 Å². The van der Waals surface area contributed by atoms with Crippen LogP contribution in [-0.2, 0) is 6.61 Å². The zero-order chi connectivity index (χ0) is 16.9. The van der Waals surface area contributed by atoms with Crippen molar-refractivity contribution in [3.63, 3.8) is 0 Å². The molecule has 1 aromatic carbocycles. The number of nitrogens with one attached hydrogen (secondary N) is 1. The lowest BCUT2D eigenvalue weighted by Gasteiger charge is -2.10. The van der Waals surface area contributed by atoms with Gasteiger partial charge in [0.05, 0.1) is 17.9 Å². The van der Waals surface area contributed by atoms with E-state index >= 15 is 0 Å². The fraction of sp³-hybridized carbons (Fsp3) is 0.222. The number of hydrogen-bond acceptors (Lipinski definition) is 4. The van der Waals surface area contributed by atoms with Gasteiger partial charge in [0.1, 0.15) is 18.0 Å². The number of para-hydroxylation sites is 1. The molecular formula is C18H19N3O3. The largest absolute Gasteiger partial charge is 0.486 e. The van der Waals surface area contributed by atoms with Crippen molar-refractivity contribution in [3.8, 4) is 5.75 Å². The summed E-state index contributed by atoms with van der Waals surface area (Å²) in [5, 5.41) is 11.4. The van der Waals surface area contributed by atoms with E-state index in [0.717, 1.165) is 16.9 Å². The van der Waals surface area contributed by atoms with Gasteiger partial charge < -0.3 is 19.6 Å². The molecule has 2 N–H and O–H groups in total. The van der Waals surface area contributed by atoms with Gasteiger partial charge in [-0.25, -0.2) is 4.98 Å². The van der Waals surface area contributed by atoms with Gasteiger partial charge in [0.15, 0.2) is 0 Å². The number of fused-ring (bicyclic) bond motifs is 1. The quantitative estimate of drug-likeness (QED) is 0.726. The number of benzene rings is 1. The molecule has 0 saturated heterocycles. The molecule has 6 heteroatoms. The Bertz CT molecular complexity index is 858. The summed E-state index contributed by atoms with van der Waals surface area (Å²) in [5.74, 6) is 0.214. The number of pyridine rings is 1. The zero-order valence-electron chi connectivity index (χ0n) is 13.4. The summed E-state index contributed by atoms with van der Waals surface area (Å²) in [6.07, 6.45) is 3.92. The second kappa shape index (κ2) is 7.14. The molecule has 3 rings (SSSR count). The second-order valence-electron chi connectivity index (χ2n) is 5.47. The van der Waals surface area contributed by atoms with Crippen molar-refractivity contribution < 1.29 is 14.6 Å². The monoisotopic (exact) mass is 325 g/mol. The normalized spacial score (nSPS) is 10.8. The van der Waals surface area contributed by atoms with E-state index in [9.17, 15) is 4.79 Å². The van der Waals surface area contributed by atoms with Crippen molar-refractivity contribution in [1.29, 1.82) is 0 Å². The summed E-state index contributed by atoms with van der Waals surface area (Å²) in [5.41, 5.74) is 3.23. The highest BCUT2D eigenvalue weighted by Gasteiger charge is 2.12. The van der Waals surface area contributed by atoms with Crippen molar-refractivity contribution in [2.75, 3.05) is 13.2 Å². The van der Waals surface area contributed by atoms with E-state index in [-0.39, 0.29) is 25.7 Å². The minimum atomic E-state index is -0.273. The van der Waals surface area contributed by atoms with Gasteiger partial charge in [-0.3, -0.25) is 4.79 Å². The highest BCUT2D eigenvalue weighted by atomic mass is 16.5. The average Bonchev–Trinajstić information content (AvgIpc) is 3.00. The van der Waals surface area contributed by atoms with Gasteiger partial charge in [0.2, 0.25) is 0 Å². The van der Waals surface area contributed by atoms with Crippen LogP contribution in [0.4, 0.5) is 0 Å². The maximum absolute atomic E-state index is 12.1. The number of ether oxygens (including phenoxy) is 1. The number of aliphatic hydroxyl groups is 1. The standard InChI is InChI=1S/C18H19N3O3/c1-13-6-7-17-20-14(11-21(17)10-13)12-24-16-5-3-2-4-15(16)18(23)19-8-9-22/h2-7,10-11,22H,8-9,12H2,1H3,(H,19,23). The molecule has 124 valence electrons. The molecular weight excluding hydrogens is 306 g/mol. The van der Waals surface area contributed by atoms with Crippen LogP contribution in [0.25, 0.3) is 5.65 Å². The van der Waals surface area contributed by atoms with Crippen LogP contribution in [0, 0.1) is 6.92 Å². The Morgan fingerprint density at radius 2 is 2.08 bits per heavy atom. The van der Waals surface area contributed by atoms with Crippen LogP contribution < -0.4 is 10.1 Å². The first kappa shape index (κ1) is 16.0. The minimum Gasteiger partial charge on any atom is -0.486 e. The van der Waals surface area contributed by atoms with Gasteiger partial charge in [-0.05, 0) is 30.7 Å². The molecule has 24 heavy (non-hydrogen) atoms. The van der Waals surface area contributed by atoms with Crippen molar-refractivity contribution in [2.45, 2.75) is 13.5 Å². The van der Waals surface area contributed by atoms with Crippen molar-refractivity contribution >= 4 is 11.6 Å². The van der Waals surface area contributed by atoms with Crippen LogP contribution in [0.5, 0.6) is 5.75 Å². The lowest BCUT2D eigenvalue weighted by atomic mass is 10.2. The van der Waals surface area contributed by atoms with Gasteiger partial charge in [0.25, 0.3) is 5.91 Å². The SMILES string of the molecule is Cc1ccc2nc(COc3ccccc3C(=O)NCCO)cn2c1. The molecule has 2 heterocycles. The number of imidazole rings is 1. The predicted molar refractivity (Wildman–Crippen MR) is 90.1 cm³/mol. The summed E-state index contributed by atoms with van der Waals surface area (Å²) in [4.78, 5) is 16.6. The Morgan fingerprint density at radius 3 is 2.92 bits per heavy atom. The number of amides is 1. The number of nitrogens with zero attached hydrogens (tertiary/aromatic N) is 2. The maximum atomic E-state index is 12.1. The molecule has 0 bridgehead atoms. The smallest absolute Gasteiger partial charge is 0.255 e. The summed E-state index contributed by atoms with van der Waals surface area (Å²) in [6, 6.07) is 11.0. The number of aryl methyl sites for hydroxylation is 1. The molecule has 2 aromatic heterocycles. The van der Waals surface area contributed by atoms with Gasteiger partial charge in [0, 0.05) is 18.9 Å². The first-order chi connectivity index (χ1) is 11.7. The van der Waals surface area contributed by atoms with E-state index in [4.69, 9.17) is 9.84 Å². The van der Waals surface area contributed by atoms with Crippen LogP contribution in [0.3, 0.4) is 0 Å². The van der Waals surface area contributed by atoms with Gasteiger partial charge in [-0.1, -0.05) is 18.2 Å². The molecule has 1 amide bonds. The summed E-state index contributed by atoms with van der Waals surface area (Å²) >= 11 is 0. The summed E-state index contributed by atoms with van der Waals surface area (Å²) < 4.78 is 7.74. The fourth-order valence-corrected chi connectivity index (χ4v) is 2.42. The van der Waals surface area contributed by atoms with E-state index < -0.39 is 0 Å². The molecule has 0 atom stereocenters. The van der Waals surface area contributed by atoms with Crippen LogP contribution in [0.2, 0.25) is 0 Å². The Hall–Kier alpha value is -2.86. The molecule has 0 aliphatic rings. The minimum absolute atomic E-state index is 0.102. The molecule has 0 aliphatic heterocycles. The van der Waals surface area contributed by atoms with Crippen molar-refractivity contribution in [1.82, 2.24) is 14.7 Å². The lowest BCUT2D eigenvalue weighted by molar-refractivity contribution is 0.0940.